The van der Waals surface area contributed by atoms with E-state index in [2.05, 4.69) is 47.6 Å². The Balaban J connectivity index is 1.73. The first-order chi connectivity index (χ1) is 9.34. The second kappa shape index (κ2) is 5.76. The summed E-state index contributed by atoms with van der Waals surface area (Å²) in [4.78, 5) is 5.57. The Kier molecular flexibility index (Phi) is 3.85. The van der Waals surface area contributed by atoms with Gasteiger partial charge in [0.25, 0.3) is 0 Å². The van der Waals surface area contributed by atoms with Crippen LogP contribution in [-0.2, 0) is 6.54 Å². The molecule has 0 spiro atoms. The van der Waals surface area contributed by atoms with E-state index in [1.807, 2.05) is 24.2 Å². The van der Waals surface area contributed by atoms with Crippen LogP contribution < -0.4 is 5.32 Å². The van der Waals surface area contributed by atoms with Gasteiger partial charge in [0.05, 0.1) is 0 Å². The molecule has 3 rings (SSSR count). The van der Waals surface area contributed by atoms with Gasteiger partial charge in [-0.2, -0.15) is 0 Å². The molecule has 2 nitrogen and oxygen atoms in total. The van der Waals surface area contributed by atoms with E-state index in [1.54, 1.807) is 0 Å². The number of hydrogen-bond acceptors (Lipinski definition) is 3. The highest BCUT2D eigenvalue weighted by Gasteiger charge is 2.19. The monoisotopic (exact) mass is 270 g/mol. The number of aryl methyl sites for hydroxylation is 1. The highest BCUT2D eigenvalue weighted by molar-refractivity contribution is 7.99. The van der Waals surface area contributed by atoms with Crippen molar-refractivity contribution >= 4 is 11.8 Å². The summed E-state index contributed by atoms with van der Waals surface area (Å²) >= 11 is 1.97. The van der Waals surface area contributed by atoms with Crippen molar-refractivity contribution in [2.75, 3.05) is 5.75 Å². The van der Waals surface area contributed by atoms with Crippen LogP contribution in [0, 0.1) is 6.92 Å². The van der Waals surface area contributed by atoms with Crippen LogP contribution in [-0.4, -0.2) is 10.7 Å². The average Bonchev–Trinajstić information content (AvgIpc) is 2.46. The van der Waals surface area contributed by atoms with Gasteiger partial charge in [-0.3, -0.25) is 4.98 Å². The lowest BCUT2D eigenvalue weighted by atomic mass is 10.0. The summed E-state index contributed by atoms with van der Waals surface area (Å²) in [5.41, 5.74) is 4.05. The minimum atomic E-state index is 0.477. The third-order valence-corrected chi connectivity index (χ3v) is 4.76. The molecule has 0 fully saturated rings. The zero-order valence-electron chi connectivity index (χ0n) is 11.1. The van der Waals surface area contributed by atoms with E-state index in [0.717, 1.165) is 6.54 Å². The zero-order chi connectivity index (χ0) is 13.1. The van der Waals surface area contributed by atoms with Crippen LogP contribution >= 0.6 is 11.8 Å². The van der Waals surface area contributed by atoms with E-state index in [9.17, 15) is 0 Å². The third-order valence-electron chi connectivity index (χ3n) is 3.63. The molecule has 0 amide bonds. The summed E-state index contributed by atoms with van der Waals surface area (Å²) in [6.45, 7) is 3.03. The van der Waals surface area contributed by atoms with Crippen molar-refractivity contribution in [2.24, 2.45) is 0 Å². The minimum absolute atomic E-state index is 0.477. The standard InChI is InChI=1S/C16H18N2S/c1-12-10-17-8-6-13(12)11-18-15-7-9-19-16-5-3-2-4-14(15)16/h2-6,8,10,15,18H,7,9,11H2,1H3. The van der Waals surface area contributed by atoms with Crippen LogP contribution in [0.15, 0.2) is 47.6 Å². The summed E-state index contributed by atoms with van der Waals surface area (Å²) in [6, 6.07) is 11.3. The van der Waals surface area contributed by atoms with Crippen molar-refractivity contribution in [3.8, 4) is 0 Å². The van der Waals surface area contributed by atoms with Gasteiger partial charge in [-0.05, 0) is 47.9 Å². The fourth-order valence-electron chi connectivity index (χ4n) is 2.49. The number of aromatic nitrogens is 1. The fraction of sp³-hybridized carbons (Fsp3) is 0.312. The largest absolute Gasteiger partial charge is 0.306 e. The van der Waals surface area contributed by atoms with Gasteiger partial charge >= 0.3 is 0 Å². The zero-order valence-corrected chi connectivity index (χ0v) is 11.9. The number of pyridine rings is 1. The Hall–Kier alpha value is -1.32. The molecule has 0 bridgehead atoms. The maximum Gasteiger partial charge on any atom is 0.0342 e. The molecule has 0 radical (unpaired) electrons. The molecule has 98 valence electrons. The average molecular weight is 270 g/mol. The molecule has 0 aliphatic carbocycles. The van der Waals surface area contributed by atoms with Crippen molar-refractivity contribution in [3.63, 3.8) is 0 Å². The quantitative estimate of drug-likeness (QED) is 0.920. The van der Waals surface area contributed by atoms with Crippen molar-refractivity contribution < 1.29 is 0 Å². The summed E-state index contributed by atoms with van der Waals surface area (Å²) in [5.74, 6) is 1.20. The van der Waals surface area contributed by atoms with Crippen LogP contribution in [0.1, 0.15) is 29.2 Å². The lowest BCUT2D eigenvalue weighted by molar-refractivity contribution is 0.509. The smallest absolute Gasteiger partial charge is 0.0342 e. The number of nitrogens with zero attached hydrogens (tertiary/aromatic N) is 1. The van der Waals surface area contributed by atoms with E-state index < -0.39 is 0 Å². The second-order valence-electron chi connectivity index (χ2n) is 4.91. The molecule has 2 heterocycles. The molecule has 1 aliphatic rings. The molecule has 1 aliphatic heterocycles. The Morgan fingerprint density at radius 1 is 1.32 bits per heavy atom. The second-order valence-corrected chi connectivity index (χ2v) is 6.05. The predicted molar refractivity (Wildman–Crippen MR) is 80.3 cm³/mol. The van der Waals surface area contributed by atoms with Crippen molar-refractivity contribution in [3.05, 3.63) is 59.4 Å². The Morgan fingerprint density at radius 3 is 3.11 bits per heavy atom. The first-order valence-electron chi connectivity index (χ1n) is 6.69. The SMILES string of the molecule is Cc1cnccc1CNC1CCSc2ccccc21. The molecular weight excluding hydrogens is 252 g/mol. The molecule has 1 aromatic heterocycles. The van der Waals surface area contributed by atoms with Gasteiger partial charge in [0, 0.05) is 29.9 Å². The highest BCUT2D eigenvalue weighted by Crippen LogP contribution is 2.35. The number of thioether (sulfide) groups is 1. The van der Waals surface area contributed by atoms with Crippen LogP contribution in [0.4, 0.5) is 0 Å². The van der Waals surface area contributed by atoms with Gasteiger partial charge in [0.1, 0.15) is 0 Å². The molecule has 1 N–H and O–H groups in total. The normalized spacial score (nSPS) is 18.1. The molecule has 0 saturated carbocycles. The van der Waals surface area contributed by atoms with Crippen LogP contribution in [0.2, 0.25) is 0 Å². The molecule has 0 saturated heterocycles. The van der Waals surface area contributed by atoms with Gasteiger partial charge in [0.15, 0.2) is 0 Å². The molecule has 2 aromatic rings. The van der Waals surface area contributed by atoms with E-state index in [4.69, 9.17) is 0 Å². The number of fused-ring (bicyclic) bond motifs is 1. The third kappa shape index (κ3) is 2.82. The highest BCUT2D eigenvalue weighted by atomic mass is 32.2. The minimum Gasteiger partial charge on any atom is -0.306 e. The first-order valence-corrected chi connectivity index (χ1v) is 7.68. The van der Waals surface area contributed by atoms with E-state index in [0.29, 0.717) is 6.04 Å². The van der Waals surface area contributed by atoms with Gasteiger partial charge in [-0.1, -0.05) is 18.2 Å². The maximum atomic E-state index is 4.14. The van der Waals surface area contributed by atoms with Gasteiger partial charge < -0.3 is 5.32 Å². The van der Waals surface area contributed by atoms with Gasteiger partial charge in [-0.15, -0.1) is 11.8 Å². The molecule has 1 aromatic carbocycles. The molecule has 19 heavy (non-hydrogen) atoms. The number of benzene rings is 1. The van der Waals surface area contributed by atoms with Crippen molar-refractivity contribution in [1.29, 1.82) is 0 Å². The lowest BCUT2D eigenvalue weighted by Crippen LogP contribution is -2.24. The maximum absolute atomic E-state index is 4.14. The first kappa shape index (κ1) is 12.7. The van der Waals surface area contributed by atoms with E-state index in [1.165, 1.54) is 33.8 Å². The molecule has 3 heteroatoms. The van der Waals surface area contributed by atoms with Crippen LogP contribution in [0.5, 0.6) is 0 Å². The Bertz CT molecular complexity index is 568. The topological polar surface area (TPSA) is 24.9 Å². The molecule has 1 unspecified atom stereocenters. The van der Waals surface area contributed by atoms with Crippen molar-refractivity contribution in [2.45, 2.75) is 30.8 Å². The summed E-state index contributed by atoms with van der Waals surface area (Å²) in [7, 11) is 0. The lowest BCUT2D eigenvalue weighted by Gasteiger charge is -2.26. The number of hydrogen-bond donors (Lipinski definition) is 1. The predicted octanol–water partition coefficient (Wildman–Crippen LogP) is 3.72. The van der Waals surface area contributed by atoms with E-state index in [-0.39, 0.29) is 0 Å². The Morgan fingerprint density at radius 2 is 2.21 bits per heavy atom. The Labute approximate surface area is 118 Å². The summed E-state index contributed by atoms with van der Waals surface area (Å²) in [5, 5.41) is 3.69. The van der Waals surface area contributed by atoms with Crippen LogP contribution in [0.25, 0.3) is 0 Å². The van der Waals surface area contributed by atoms with E-state index >= 15 is 0 Å². The summed E-state index contributed by atoms with van der Waals surface area (Å²) in [6.07, 6.45) is 5.00. The molecular formula is C16H18N2S. The fourth-order valence-corrected chi connectivity index (χ4v) is 3.61. The van der Waals surface area contributed by atoms with Gasteiger partial charge in [-0.25, -0.2) is 0 Å². The molecule has 1 atom stereocenters. The van der Waals surface area contributed by atoms with Gasteiger partial charge in [0.2, 0.25) is 0 Å². The number of rotatable bonds is 3. The van der Waals surface area contributed by atoms with Crippen LogP contribution in [0.3, 0.4) is 0 Å². The van der Waals surface area contributed by atoms with Crippen molar-refractivity contribution in [1.82, 2.24) is 10.3 Å². The number of nitrogens with one attached hydrogen (secondary N) is 1. The summed E-state index contributed by atoms with van der Waals surface area (Å²) < 4.78 is 0.